The number of fused-ring (bicyclic) bond motifs is 6. The highest BCUT2D eigenvalue weighted by Gasteiger charge is 2.25. The summed E-state index contributed by atoms with van der Waals surface area (Å²) in [6.07, 6.45) is 0. The molecule has 132 valence electrons. The molecule has 0 aliphatic carbocycles. The van der Waals surface area contributed by atoms with Crippen molar-refractivity contribution >= 4 is 11.4 Å². The molecule has 2 nitrogen and oxygen atoms in total. The van der Waals surface area contributed by atoms with E-state index in [2.05, 4.69) is 108 Å². The molecule has 0 saturated carbocycles. The Labute approximate surface area is 163 Å². The quantitative estimate of drug-likeness (QED) is 0.420. The molecule has 0 aromatic heterocycles. The first-order valence-electron chi connectivity index (χ1n) is 9.67. The van der Waals surface area contributed by atoms with Crippen LogP contribution in [0.5, 0.6) is 0 Å². The zero-order valence-corrected chi connectivity index (χ0v) is 16.0. The molecule has 2 heterocycles. The number of hydrogen-bond donors (Lipinski definition) is 0. The summed E-state index contributed by atoms with van der Waals surface area (Å²) in [4.78, 5) is 0. The highest BCUT2D eigenvalue weighted by Crippen LogP contribution is 2.31. The van der Waals surface area contributed by atoms with Crippen molar-refractivity contribution in [3.63, 3.8) is 0 Å². The number of para-hydroxylation sites is 2. The Morgan fingerprint density at radius 1 is 0.464 bits per heavy atom. The van der Waals surface area contributed by atoms with Gasteiger partial charge in [-0.25, -0.2) is 0 Å². The third kappa shape index (κ3) is 1.97. The molecule has 2 aliphatic heterocycles. The lowest BCUT2D eigenvalue weighted by Gasteiger charge is -1.96. The van der Waals surface area contributed by atoms with E-state index in [-0.39, 0.29) is 0 Å². The van der Waals surface area contributed by atoms with E-state index in [9.17, 15) is 0 Å². The number of rotatable bonds is 0. The van der Waals surface area contributed by atoms with Crippen molar-refractivity contribution in [2.24, 2.45) is 0 Å². The van der Waals surface area contributed by atoms with Crippen LogP contribution in [0.15, 0.2) is 84.9 Å². The molecule has 0 amide bonds. The van der Waals surface area contributed by atoms with Gasteiger partial charge in [0.25, 0.3) is 0 Å². The van der Waals surface area contributed by atoms with E-state index in [1.165, 1.54) is 54.8 Å². The van der Waals surface area contributed by atoms with Crippen molar-refractivity contribution in [3.8, 4) is 22.3 Å². The highest BCUT2D eigenvalue weighted by molar-refractivity contribution is 5.80. The van der Waals surface area contributed by atoms with Crippen molar-refractivity contribution in [2.75, 3.05) is 14.1 Å². The number of nitrogens with zero attached hydrogens (tertiary/aromatic N) is 2. The smallest absolute Gasteiger partial charge is 0.194 e. The topological polar surface area (TPSA) is 6.02 Å². The predicted octanol–water partition coefficient (Wildman–Crippen LogP) is 3.84. The lowest BCUT2D eigenvalue weighted by Crippen LogP contribution is -2.17. The summed E-state index contributed by atoms with van der Waals surface area (Å²) in [5, 5.41) is 5.07. The molecule has 0 atom stereocenters. The molecule has 4 aromatic rings. The van der Waals surface area contributed by atoms with Gasteiger partial charge in [0, 0.05) is 24.3 Å². The van der Waals surface area contributed by atoms with Gasteiger partial charge in [0.15, 0.2) is 0 Å². The van der Waals surface area contributed by atoms with E-state index in [0.717, 1.165) is 0 Å². The first kappa shape index (κ1) is 15.5. The van der Waals surface area contributed by atoms with E-state index in [1.54, 1.807) is 0 Å². The van der Waals surface area contributed by atoms with Crippen molar-refractivity contribution in [2.45, 2.75) is 0 Å². The van der Waals surface area contributed by atoms with E-state index < -0.39 is 0 Å². The van der Waals surface area contributed by atoms with Gasteiger partial charge in [-0.15, -0.1) is 0 Å². The molecule has 0 saturated heterocycles. The second-order valence-electron chi connectivity index (χ2n) is 7.62. The van der Waals surface area contributed by atoms with Gasteiger partial charge in [0.05, 0.1) is 22.3 Å². The monoisotopic (exact) mass is 360 g/mol. The summed E-state index contributed by atoms with van der Waals surface area (Å²) in [6.45, 7) is 0. The Morgan fingerprint density at radius 2 is 0.893 bits per heavy atom. The zero-order chi connectivity index (χ0) is 18.8. The molecule has 4 aromatic carbocycles. The Balaban J connectivity index is 1.68. The van der Waals surface area contributed by atoms with Crippen LogP contribution >= 0.6 is 0 Å². The Hall–Kier alpha value is -3.52. The van der Waals surface area contributed by atoms with Crippen LogP contribution in [0.4, 0.5) is 11.4 Å². The summed E-state index contributed by atoms with van der Waals surface area (Å²) >= 11 is 0. The van der Waals surface area contributed by atoms with E-state index in [1.807, 2.05) is 0 Å². The second kappa shape index (κ2) is 5.49. The summed E-state index contributed by atoms with van der Waals surface area (Å²) in [5.41, 5.74) is 7.81. The number of benzene rings is 4. The van der Waals surface area contributed by atoms with Gasteiger partial charge in [-0.1, -0.05) is 24.3 Å². The largest absolute Gasteiger partial charge is 0.213 e. The predicted molar refractivity (Wildman–Crippen MR) is 114 cm³/mol. The average molecular weight is 360 g/mol. The first-order chi connectivity index (χ1) is 13.7. The maximum absolute atomic E-state index is 2.34. The van der Waals surface area contributed by atoms with Crippen LogP contribution in [0, 0.1) is 10.4 Å². The summed E-state index contributed by atoms with van der Waals surface area (Å²) in [7, 11) is 4.29. The molecule has 0 unspecified atom stereocenters. The SMILES string of the molecule is C[N+]1=c2cc/c(=c3/ccc4c(c3)-c3ccccc3[N+]=4C)cc2-c2ccccc21. The van der Waals surface area contributed by atoms with Gasteiger partial charge < -0.3 is 0 Å². The lowest BCUT2D eigenvalue weighted by atomic mass is 10.0. The fourth-order valence-corrected chi connectivity index (χ4v) is 4.69. The third-order valence-corrected chi connectivity index (χ3v) is 6.16. The van der Waals surface area contributed by atoms with Crippen LogP contribution in [0.25, 0.3) is 22.3 Å². The van der Waals surface area contributed by atoms with E-state index >= 15 is 0 Å². The van der Waals surface area contributed by atoms with Crippen LogP contribution in [-0.4, -0.2) is 14.1 Å². The van der Waals surface area contributed by atoms with Crippen LogP contribution in [0.2, 0.25) is 0 Å². The van der Waals surface area contributed by atoms with E-state index in [0.29, 0.717) is 0 Å². The van der Waals surface area contributed by atoms with Crippen LogP contribution in [0.1, 0.15) is 0 Å². The van der Waals surface area contributed by atoms with Gasteiger partial charge in [-0.2, -0.15) is 9.15 Å². The van der Waals surface area contributed by atoms with Crippen LogP contribution < -0.4 is 19.9 Å². The fourth-order valence-electron chi connectivity index (χ4n) is 4.69. The molecule has 0 N–H and O–H groups in total. The molecular formula is C26H20N2+2. The third-order valence-electron chi connectivity index (χ3n) is 6.16. The molecular weight excluding hydrogens is 340 g/mol. The Morgan fingerprint density at radius 3 is 1.36 bits per heavy atom. The molecule has 2 heteroatoms. The fraction of sp³-hybridized carbons (Fsp3) is 0.0769. The van der Waals surface area contributed by atoms with Crippen LogP contribution in [-0.2, 0) is 0 Å². The van der Waals surface area contributed by atoms with Crippen molar-refractivity contribution < 1.29 is 0 Å². The zero-order valence-electron chi connectivity index (χ0n) is 16.0. The summed E-state index contributed by atoms with van der Waals surface area (Å²) < 4.78 is 4.56. The lowest BCUT2D eigenvalue weighted by molar-refractivity contribution is 0.918. The van der Waals surface area contributed by atoms with Crippen LogP contribution in [0.3, 0.4) is 0 Å². The van der Waals surface area contributed by atoms with Crippen molar-refractivity contribution in [1.29, 1.82) is 0 Å². The normalized spacial score (nSPS) is 14.5. The number of hydrogen-bond acceptors (Lipinski definition) is 0. The molecule has 28 heavy (non-hydrogen) atoms. The Kier molecular flexibility index (Phi) is 3.05. The minimum atomic E-state index is 1.26. The average Bonchev–Trinajstić information content (AvgIpc) is 3.20. The van der Waals surface area contributed by atoms with Crippen molar-refractivity contribution in [3.05, 3.63) is 106 Å². The summed E-state index contributed by atoms with van der Waals surface area (Å²) in [6, 6.07) is 30.9. The van der Waals surface area contributed by atoms with Gasteiger partial charge in [-0.3, -0.25) is 0 Å². The standard InChI is InChI=1S/C26H20N2/c1-27-23-9-5-3-7-19(23)21-15-17(11-13-25(21)27)18-12-14-26-22(16-18)20-8-4-6-10-24(20)28(26)2/h3-16H,1-2H3/q+2/b18-17+. The summed E-state index contributed by atoms with van der Waals surface area (Å²) in [5.74, 6) is 0. The van der Waals surface area contributed by atoms with Gasteiger partial charge in [0.1, 0.15) is 14.1 Å². The molecule has 0 radical (unpaired) electrons. The van der Waals surface area contributed by atoms with Gasteiger partial charge in [-0.05, 0) is 46.8 Å². The van der Waals surface area contributed by atoms with E-state index in [4.69, 9.17) is 0 Å². The first-order valence-corrected chi connectivity index (χ1v) is 9.67. The maximum Gasteiger partial charge on any atom is 0.213 e. The highest BCUT2D eigenvalue weighted by atomic mass is 15.0. The molecule has 0 fully saturated rings. The minimum absolute atomic E-state index is 1.26. The molecule has 0 bridgehead atoms. The van der Waals surface area contributed by atoms with Gasteiger partial charge in [0.2, 0.25) is 22.1 Å². The maximum atomic E-state index is 2.34. The minimum Gasteiger partial charge on any atom is -0.194 e. The molecule has 2 aliphatic rings. The Bertz CT molecular complexity index is 1410. The van der Waals surface area contributed by atoms with Crippen molar-refractivity contribution in [1.82, 2.24) is 9.15 Å². The second-order valence-corrected chi connectivity index (χ2v) is 7.62. The molecule has 0 spiro atoms. The van der Waals surface area contributed by atoms with Gasteiger partial charge >= 0.3 is 0 Å². The molecule has 6 rings (SSSR count).